The molecular weight excluding hydrogens is 264 g/mol. The maximum atomic E-state index is 11.7. The van der Waals surface area contributed by atoms with Gasteiger partial charge in [0.15, 0.2) is 0 Å². The minimum atomic E-state index is -0.266. The summed E-state index contributed by atoms with van der Waals surface area (Å²) in [6.45, 7) is 5.28. The van der Waals surface area contributed by atoms with Crippen LogP contribution >= 0.6 is 11.6 Å². The Morgan fingerprint density at radius 1 is 1.42 bits per heavy atom. The molecule has 1 fully saturated rings. The van der Waals surface area contributed by atoms with Gasteiger partial charge in [-0.15, -0.1) is 0 Å². The van der Waals surface area contributed by atoms with Crippen LogP contribution in [0.15, 0.2) is 11.0 Å². The summed E-state index contributed by atoms with van der Waals surface area (Å²) in [5.41, 5.74) is 0.353. The Hall–Kier alpha value is -1.07. The molecule has 0 saturated carbocycles. The lowest BCUT2D eigenvalue weighted by molar-refractivity contribution is 0.180. The highest BCUT2D eigenvalue weighted by Gasteiger charge is 2.17. The summed E-state index contributed by atoms with van der Waals surface area (Å²) < 4.78 is 1.24. The van der Waals surface area contributed by atoms with E-state index in [1.54, 1.807) is 13.2 Å². The number of aryl methyl sites for hydroxylation is 1. The molecule has 0 aliphatic carbocycles. The van der Waals surface area contributed by atoms with Gasteiger partial charge in [0.2, 0.25) is 0 Å². The van der Waals surface area contributed by atoms with Crippen molar-refractivity contribution in [3.63, 3.8) is 0 Å². The van der Waals surface area contributed by atoms with E-state index in [1.807, 2.05) is 0 Å². The first kappa shape index (κ1) is 14.3. The van der Waals surface area contributed by atoms with E-state index in [2.05, 4.69) is 22.2 Å². The predicted octanol–water partition coefficient (Wildman–Crippen LogP) is 1.72. The number of aromatic nitrogens is 2. The fraction of sp³-hybridized carbons (Fsp3) is 0.692. The van der Waals surface area contributed by atoms with Crippen LogP contribution in [-0.4, -0.2) is 40.4 Å². The quantitative estimate of drug-likeness (QED) is 0.915. The molecule has 1 N–H and O–H groups in total. The van der Waals surface area contributed by atoms with Crippen molar-refractivity contribution in [2.45, 2.75) is 32.2 Å². The number of nitrogens with one attached hydrogen (secondary N) is 1. The molecule has 6 heteroatoms. The molecule has 0 bridgehead atoms. The molecule has 1 aromatic heterocycles. The second kappa shape index (κ2) is 6.39. The topological polar surface area (TPSA) is 50.2 Å². The zero-order chi connectivity index (χ0) is 13.8. The molecule has 1 aliphatic heterocycles. The van der Waals surface area contributed by atoms with E-state index < -0.39 is 0 Å². The summed E-state index contributed by atoms with van der Waals surface area (Å²) in [4.78, 5) is 14.1. The minimum Gasteiger partial charge on any atom is -0.381 e. The molecule has 0 radical (unpaired) electrons. The van der Waals surface area contributed by atoms with Crippen LogP contribution in [0.4, 0.5) is 5.69 Å². The fourth-order valence-corrected chi connectivity index (χ4v) is 2.62. The lowest BCUT2D eigenvalue weighted by Gasteiger charge is -2.32. The van der Waals surface area contributed by atoms with Crippen molar-refractivity contribution >= 4 is 17.3 Å². The average Bonchev–Trinajstić information content (AvgIpc) is 2.45. The molecule has 5 nitrogen and oxygen atoms in total. The Labute approximate surface area is 118 Å². The predicted molar refractivity (Wildman–Crippen MR) is 77.9 cm³/mol. The summed E-state index contributed by atoms with van der Waals surface area (Å²) in [6, 6.07) is 0.431. The van der Waals surface area contributed by atoms with Crippen molar-refractivity contribution in [1.29, 1.82) is 0 Å². The number of halogens is 1. The third-order valence-electron chi connectivity index (χ3n) is 3.68. The summed E-state index contributed by atoms with van der Waals surface area (Å²) in [5.74, 6) is 0. The van der Waals surface area contributed by atoms with Crippen LogP contribution < -0.4 is 10.9 Å². The standard InChI is InChI=1S/C13H21ClN4O/c1-10(18-6-4-3-5-7-18)8-15-11-9-16-17(2)13(19)12(11)14/h9-10,15H,3-8H2,1-2H3. The van der Waals surface area contributed by atoms with Gasteiger partial charge in [0.25, 0.3) is 5.56 Å². The normalized spacial score (nSPS) is 18.3. The zero-order valence-corrected chi connectivity index (χ0v) is 12.3. The van der Waals surface area contributed by atoms with E-state index in [-0.39, 0.29) is 10.6 Å². The Morgan fingerprint density at radius 2 is 2.11 bits per heavy atom. The van der Waals surface area contributed by atoms with Gasteiger partial charge in [0.1, 0.15) is 5.02 Å². The van der Waals surface area contributed by atoms with Crippen molar-refractivity contribution in [3.05, 3.63) is 21.6 Å². The average molecular weight is 285 g/mol. The van der Waals surface area contributed by atoms with E-state index in [0.29, 0.717) is 11.7 Å². The number of hydrogen-bond acceptors (Lipinski definition) is 4. The van der Waals surface area contributed by atoms with Crippen molar-refractivity contribution in [2.75, 3.05) is 25.0 Å². The zero-order valence-electron chi connectivity index (χ0n) is 11.5. The molecule has 106 valence electrons. The maximum absolute atomic E-state index is 11.7. The van der Waals surface area contributed by atoms with Gasteiger partial charge in [-0.25, -0.2) is 4.68 Å². The number of rotatable bonds is 4. The first-order valence-electron chi connectivity index (χ1n) is 6.79. The molecular formula is C13H21ClN4O. The molecule has 1 unspecified atom stereocenters. The maximum Gasteiger partial charge on any atom is 0.287 e. The smallest absolute Gasteiger partial charge is 0.287 e. The number of piperidine rings is 1. The molecule has 1 aliphatic rings. The van der Waals surface area contributed by atoms with Crippen LogP contribution in [-0.2, 0) is 7.05 Å². The van der Waals surface area contributed by atoms with Gasteiger partial charge in [0.05, 0.1) is 11.9 Å². The summed E-state index contributed by atoms with van der Waals surface area (Å²) in [6.07, 6.45) is 5.49. The fourth-order valence-electron chi connectivity index (χ4n) is 2.38. The van der Waals surface area contributed by atoms with Gasteiger partial charge in [0, 0.05) is 19.6 Å². The van der Waals surface area contributed by atoms with Gasteiger partial charge in [-0.2, -0.15) is 5.10 Å². The van der Waals surface area contributed by atoms with Crippen molar-refractivity contribution in [3.8, 4) is 0 Å². The Bertz CT molecular complexity index is 482. The third-order valence-corrected chi connectivity index (χ3v) is 4.05. The first-order chi connectivity index (χ1) is 9.09. The van der Waals surface area contributed by atoms with E-state index in [1.165, 1.54) is 23.9 Å². The Balaban J connectivity index is 1.95. The Kier molecular flexibility index (Phi) is 4.82. The molecule has 1 saturated heterocycles. The van der Waals surface area contributed by atoms with Gasteiger partial charge in [-0.3, -0.25) is 9.69 Å². The molecule has 2 heterocycles. The molecule has 0 aromatic carbocycles. The van der Waals surface area contributed by atoms with Gasteiger partial charge < -0.3 is 5.32 Å². The van der Waals surface area contributed by atoms with Crippen molar-refractivity contribution < 1.29 is 0 Å². The molecule has 0 spiro atoms. The minimum absolute atomic E-state index is 0.211. The third kappa shape index (κ3) is 3.48. The van der Waals surface area contributed by atoms with E-state index in [4.69, 9.17) is 11.6 Å². The van der Waals surface area contributed by atoms with Crippen LogP contribution in [0.3, 0.4) is 0 Å². The Morgan fingerprint density at radius 3 is 2.79 bits per heavy atom. The van der Waals surface area contributed by atoms with Gasteiger partial charge in [-0.1, -0.05) is 18.0 Å². The van der Waals surface area contributed by atoms with Crippen LogP contribution in [0.5, 0.6) is 0 Å². The molecule has 1 atom stereocenters. The number of hydrogen-bond donors (Lipinski definition) is 1. The summed E-state index contributed by atoms with van der Waals surface area (Å²) in [5, 5.41) is 7.41. The summed E-state index contributed by atoms with van der Waals surface area (Å²) in [7, 11) is 1.59. The van der Waals surface area contributed by atoms with Crippen LogP contribution in [0.1, 0.15) is 26.2 Å². The molecule has 0 amide bonds. The number of anilines is 1. The van der Waals surface area contributed by atoms with Crippen molar-refractivity contribution in [2.24, 2.45) is 7.05 Å². The summed E-state index contributed by atoms with van der Waals surface area (Å²) >= 11 is 6.02. The largest absolute Gasteiger partial charge is 0.381 e. The van der Waals surface area contributed by atoms with Gasteiger partial charge >= 0.3 is 0 Å². The number of nitrogens with zero attached hydrogens (tertiary/aromatic N) is 3. The monoisotopic (exact) mass is 284 g/mol. The lowest BCUT2D eigenvalue weighted by atomic mass is 10.1. The van der Waals surface area contributed by atoms with Crippen LogP contribution in [0, 0.1) is 0 Å². The second-order valence-corrected chi connectivity index (χ2v) is 5.51. The molecule has 2 rings (SSSR count). The highest BCUT2D eigenvalue weighted by molar-refractivity contribution is 6.32. The lowest BCUT2D eigenvalue weighted by Crippen LogP contribution is -2.41. The molecule has 19 heavy (non-hydrogen) atoms. The van der Waals surface area contributed by atoms with Gasteiger partial charge in [-0.05, 0) is 32.9 Å². The van der Waals surface area contributed by atoms with E-state index >= 15 is 0 Å². The first-order valence-corrected chi connectivity index (χ1v) is 7.17. The highest BCUT2D eigenvalue weighted by Crippen LogP contribution is 2.16. The highest BCUT2D eigenvalue weighted by atomic mass is 35.5. The van der Waals surface area contributed by atoms with Crippen LogP contribution in [0.2, 0.25) is 5.02 Å². The second-order valence-electron chi connectivity index (χ2n) is 5.13. The molecule has 1 aromatic rings. The van der Waals surface area contributed by atoms with E-state index in [0.717, 1.165) is 19.6 Å². The SMILES string of the molecule is CC(CNc1cnn(C)c(=O)c1Cl)N1CCCCC1. The van der Waals surface area contributed by atoms with Crippen LogP contribution in [0.25, 0.3) is 0 Å². The number of likely N-dealkylation sites (tertiary alicyclic amines) is 1. The van der Waals surface area contributed by atoms with E-state index in [9.17, 15) is 4.79 Å². The van der Waals surface area contributed by atoms with Crippen molar-refractivity contribution in [1.82, 2.24) is 14.7 Å².